The molecule has 0 bridgehead atoms. The van der Waals surface area contributed by atoms with E-state index in [1.54, 1.807) is 0 Å². The van der Waals surface area contributed by atoms with Crippen LogP contribution in [0.4, 0.5) is 0 Å². The summed E-state index contributed by atoms with van der Waals surface area (Å²) in [5, 5.41) is 8.80. The average Bonchev–Trinajstić information content (AvgIpc) is 3.21. The summed E-state index contributed by atoms with van der Waals surface area (Å²) in [6.45, 7) is 1.60. The molecule has 2 fully saturated rings. The van der Waals surface area contributed by atoms with Gasteiger partial charge in [-0.3, -0.25) is 9.59 Å². The molecule has 1 heterocycles. The maximum Gasteiger partial charge on any atom is 0.323 e. The predicted octanol–water partition coefficient (Wildman–Crippen LogP) is 0.648. The maximum atomic E-state index is 12.0. The van der Waals surface area contributed by atoms with E-state index in [0.717, 1.165) is 25.7 Å². The van der Waals surface area contributed by atoms with Crippen LogP contribution >= 0.6 is 0 Å². The van der Waals surface area contributed by atoms with Crippen molar-refractivity contribution >= 4 is 11.9 Å². The lowest BCUT2D eigenvalue weighted by atomic mass is 10.1. The van der Waals surface area contributed by atoms with E-state index in [0.29, 0.717) is 19.8 Å². The second-order valence-electron chi connectivity index (χ2n) is 5.08. The first-order valence-electron chi connectivity index (χ1n) is 6.87. The summed E-state index contributed by atoms with van der Waals surface area (Å²) in [5.74, 6) is -1.07. The molecule has 1 aliphatic heterocycles. The third-order valence-corrected chi connectivity index (χ3v) is 3.45. The lowest BCUT2D eigenvalue weighted by molar-refractivity contribution is -0.145. The summed E-state index contributed by atoms with van der Waals surface area (Å²) in [4.78, 5) is 24.2. The monoisotopic (exact) mass is 271 g/mol. The van der Waals surface area contributed by atoms with Crippen molar-refractivity contribution in [2.45, 2.75) is 44.2 Å². The summed E-state index contributed by atoms with van der Waals surface area (Å²) in [6.07, 6.45) is 4.02. The number of nitrogens with zero attached hydrogens (tertiary/aromatic N) is 1. The maximum absolute atomic E-state index is 12.0. The second kappa shape index (κ2) is 6.86. The molecule has 1 aliphatic carbocycles. The summed E-state index contributed by atoms with van der Waals surface area (Å²) in [7, 11) is 0. The van der Waals surface area contributed by atoms with Crippen LogP contribution in [0, 0.1) is 0 Å². The number of hydrogen-bond acceptors (Lipinski definition) is 4. The van der Waals surface area contributed by atoms with Crippen LogP contribution in [0.5, 0.6) is 0 Å². The SMILES string of the molecule is O=C(O)CN(C(=O)CCOC1CCOCC1)C1CC1. The van der Waals surface area contributed by atoms with Gasteiger partial charge in [-0.1, -0.05) is 0 Å². The molecule has 2 rings (SSSR count). The molecular formula is C13H21NO5. The number of hydrogen-bond donors (Lipinski definition) is 1. The largest absolute Gasteiger partial charge is 0.480 e. The van der Waals surface area contributed by atoms with Crippen LogP contribution in [0.2, 0.25) is 0 Å². The smallest absolute Gasteiger partial charge is 0.323 e. The third kappa shape index (κ3) is 4.80. The number of aliphatic carboxylic acids is 1. The normalized spacial score (nSPS) is 20.2. The Balaban J connectivity index is 1.68. The van der Waals surface area contributed by atoms with E-state index in [1.807, 2.05) is 0 Å². The van der Waals surface area contributed by atoms with Gasteiger partial charge in [0.25, 0.3) is 0 Å². The zero-order valence-electron chi connectivity index (χ0n) is 11.0. The Morgan fingerprint density at radius 3 is 2.47 bits per heavy atom. The Kier molecular flexibility index (Phi) is 5.15. The van der Waals surface area contributed by atoms with Crippen LogP contribution < -0.4 is 0 Å². The van der Waals surface area contributed by atoms with E-state index in [-0.39, 0.29) is 31.0 Å². The van der Waals surface area contributed by atoms with Gasteiger partial charge in [-0.25, -0.2) is 0 Å². The first-order chi connectivity index (χ1) is 9.16. The van der Waals surface area contributed by atoms with Gasteiger partial charge in [-0.2, -0.15) is 0 Å². The standard InChI is InChI=1S/C13H21NO5/c15-12(14(9-13(16)17)10-1-2-10)5-8-19-11-3-6-18-7-4-11/h10-11H,1-9H2,(H,16,17). The fourth-order valence-corrected chi connectivity index (χ4v) is 2.25. The Morgan fingerprint density at radius 2 is 1.89 bits per heavy atom. The fourth-order valence-electron chi connectivity index (χ4n) is 2.25. The minimum Gasteiger partial charge on any atom is -0.480 e. The molecule has 0 aromatic carbocycles. The second-order valence-corrected chi connectivity index (χ2v) is 5.08. The van der Waals surface area contributed by atoms with Gasteiger partial charge in [0.1, 0.15) is 6.54 Å². The summed E-state index contributed by atoms with van der Waals surface area (Å²) >= 11 is 0. The predicted molar refractivity (Wildman–Crippen MR) is 66.8 cm³/mol. The van der Waals surface area contributed by atoms with Crippen LogP contribution in [0.3, 0.4) is 0 Å². The van der Waals surface area contributed by atoms with E-state index >= 15 is 0 Å². The zero-order chi connectivity index (χ0) is 13.7. The Bertz CT molecular complexity index is 323. The lowest BCUT2D eigenvalue weighted by Crippen LogP contribution is -2.38. The highest BCUT2D eigenvalue weighted by Crippen LogP contribution is 2.27. The van der Waals surface area contributed by atoms with Gasteiger partial charge in [0, 0.05) is 19.3 Å². The highest BCUT2D eigenvalue weighted by molar-refractivity contribution is 5.82. The molecule has 0 aromatic rings. The molecule has 6 heteroatoms. The van der Waals surface area contributed by atoms with Gasteiger partial charge >= 0.3 is 5.97 Å². The molecule has 0 spiro atoms. The highest BCUT2D eigenvalue weighted by atomic mass is 16.5. The molecule has 0 atom stereocenters. The molecule has 19 heavy (non-hydrogen) atoms. The van der Waals surface area contributed by atoms with Crippen LogP contribution in [-0.2, 0) is 19.1 Å². The van der Waals surface area contributed by atoms with Crippen LogP contribution in [0.1, 0.15) is 32.1 Å². The molecule has 0 radical (unpaired) electrons. The average molecular weight is 271 g/mol. The molecular weight excluding hydrogens is 250 g/mol. The van der Waals surface area contributed by atoms with E-state index < -0.39 is 5.97 Å². The minimum atomic E-state index is -0.953. The van der Waals surface area contributed by atoms with Gasteiger partial charge in [0.05, 0.1) is 19.1 Å². The molecule has 1 saturated carbocycles. The summed E-state index contributed by atoms with van der Waals surface area (Å²) in [5.41, 5.74) is 0. The fraction of sp³-hybridized carbons (Fsp3) is 0.846. The van der Waals surface area contributed by atoms with Crippen molar-refractivity contribution in [3.05, 3.63) is 0 Å². The number of carboxylic acids is 1. The van der Waals surface area contributed by atoms with Gasteiger partial charge < -0.3 is 19.5 Å². The molecule has 1 amide bonds. The molecule has 1 saturated heterocycles. The molecule has 2 aliphatic rings. The van der Waals surface area contributed by atoms with Crippen molar-refractivity contribution < 1.29 is 24.2 Å². The van der Waals surface area contributed by atoms with Crippen LogP contribution in [0.15, 0.2) is 0 Å². The molecule has 108 valence electrons. The minimum absolute atomic E-state index is 0.114. The van der Waals surface area contributed by atoms with Gasteiger partial charge in [0.15, 0.2) is 0 Å². The zero-order valence-corrected chi connectivity index (χ0v) is 11.0. The van der Waals surface area contributed by atoms with Crippen molar-refractivity contribution in [3.8, 4) is 0 Å². The van der Waals surface area contributed by atoms with Crippen molar-refractivity contribution in [2.24, 2.45) is 0 Å². The Morgan fingerprint density at radius 1 is 1.21 bits per heavy atom. The molecule has 1 N–H and O–H groups in total. The highest BCUT2D eigenvalue weighted by Gasteiger charge is 2.33. The van der Waals surface area contributed by atoms with Crippen molar-refractivity contribution in [2.75, 3.05) is 26.4 Å². The topological polar surface area (TPSA) is 76.1 Å². The van der Waals surface area contributed by atoms with Gasteiger partial charge in [-0.15, -0.1) is 0 Å². The van der Waals surface area contributed by atoms with Crippen molar-refractivity contribution in [1.29, 1.82) is 0 Å². The van der Waals surface area contributed by atoms with Gasteiger partial charge in [-0.05, 0) is 25.7 Å². The first kappa shape index (κ1) is 14.3. The van der Waals surface area contributed by atoms with Crippen LogP contribution in [0.25, 0.3) is 0 Å². The van der Waals surface area contributed by atoms with Crippen LogP contribution in [-0.4, -0.2) is 60.4 Å². The number of carbonyl (C=O) groups is 2. The molecule has 0 aromatic heterocycles. The third-order valence-electron chi connectivity index (χ3n) is 3.45. The summed E-state index contributed by atoms with van der Waals surface area (Å²) in [6, 6.07) is 0.131. The Labute approximate surface area is 112 Å². The Hall–Kier alpha value is -1.14. The quantitative estimate of drug-likeness (QED) is 0.735. The molecule has 0 unspecified atom stereocenters. The molecule has 6 nitrogen and oxygen atoms in total. The lowest BCUT2D eigenvalue weighted by Gasteiger charge is -2.24. The van der Waals surface area contributed by atoms with E-state index in [1.165, 1.54) is 4.90 Å². The van der Waals surface area contributed by atoms with Crippen molar-refractivity contribution in [3.63, 3.8) is 0 Å². The summed E-state index contributed by atoms with van der Waals surface area (Å²) < 4.78 is 10.9. The number of amides is 1. The van der Waals surface area contributed by atoms with E-state index in [9.17, 15) is 9.59 Å². The van der Waals surface area contributed by atoms with Gasteiger partial charge in [0.2, 0.25) is 5.91 Å². The number of ether oxygens (including phenoxy) is 2. The first-order valence-corrected chi connectivity index (χ1v) is 6.87. The number of carboxylic acid groups (broad SMARTS) is 1. The van der Waals surface area contributed by atoms with Crippen molar-refractivity contribution in [1.82, 2.24) is 4.90 Å². The van der Waals surface area contributed by atoms with E-state index in [4.69, 9.17) is 14.6 Å². The number of rotatable bonds is 7. The number of carbonyl (C=O) groups excluding carboxylic acids is 1. The van der Waals surface area contributed by atoms with E-state index in [2.05, 4.69) is 0 Å².